The second kappa shape index (κ2) is 9.33. The van der Waals surface area contributed by atoms with E-state index in [2.05, 4.69) is 31.2 Å². The largest absolute Gasteiger partial charge is 0.371 e. The number of rotatable bonds is 5. The van der Waals surface area contributed by atoms with Crippen LogP contribution in [0.1, 0.15) is 34.1 Å². The lowest BCUT2D eigenvalue weighted by Crippen LogP contribution is -2.31. The van der Waals surface area contributed by atoms with Gasteiger partial charge in [-0.15, -0.1) is 0 Å². The van der Waals surface area contributed by atoms with E-state index in [1.54, 1.807) is 6.07 Å². The van der Waals surface area contributed by atoms with E-state index in [4.69, 9.17) is 16.3 Å². The summed E-state index contributed by atoms with van der Waals surface area (Å²) in [5, 5.41) is 3.76. The molecule has 2 heterocycles. The van der Waals surface area contributed by atoms with Gasteiger partial charge in [0.25, 0.3) is 0 Å². The van der Waals surface area contributed by atoms with Gasteiger partial charge in [-0.2, -0.15) is 4.98 Å². The molecule has 0 aliphatic carbocycles. The summed E-state index contributed by atoms with van der Waals surface area (Å²) >= 11 is 9.36. The molecule has 0 spiro atoms. The predicted molar refractivity (Wildman–Crippen MR) is 126 cm³/mol. The maximum atomic E-state index is 15.0. The Morgan fingerprint density at radius 2 is 2.03 bits per heavy atom. The van der Waals surface area contributed by atoms with Gasteiger partial charge in [-0.05, 0) is 56.1 Å². The number of ether oxygens (including phenoxy) is 1. The van der Waals surface area contributed by atoms with Crippen LogP contribution in [0.15, 0.2) is 10.5 Å². The number of anilines is 2. The number of benzene rings is 1. The average Bonchev–Trinajstić information content (AvgIpc) is 2.83. The fraction of sp³-hybridized carbons (Fsp3) is 0.600. The Labute approximate surface area is 195 Å². The third kappa shape index (κ3) is 6.18. The van der Waals surface area contributed by atoms with Crippen molar-refractivity contribution in [3.8, 4) is 0 Å². The maximum absolute atomic E-state index is 15.0. The average molecular weight is 538 g/mol. The van der Waals surface area contributed by atoms with Crippen LogP contribution >= 0.6 is 27.5 Å². The third-order valence-corrected chi connectivity index (χ3v) is 7.78. The summed E-state index contributed by atoms with van der Waals surface area (Å²) in [6.45, 7) is 9.02. The fourth-order valence-electron chi connectivity index (χ4n) is 3.51. The standard InChI is InChI=1S/C20H27BrClFN4O3S/c1-12(30-20(2,3)4)11-24-19-25-17-13(10-14(22)15(21)16(17)23)18(26-19)27-6-5-8-31(28,29)9-7-27/h10,12H,5-9,11H2,1-4H3,(H,24,25,26). The first-order valence-electron chi connectivity index (χ1n) is 10.1. The highest BCUT2D eigenvalue weighted by Gasteiger charge is 2.25. The first-order valence-corrected chi connectivity index (χ1v) is 13.1. The SMILES string of the molecule is CC(CNc1nc(N2CCCS(=O)(=O)CC2)c2cc(Cl)c(Br)c(F)c2n1)OC(C)(C)C. The molecule has 31 heavy (non-hydrogen) atoms. The minimum absolute atomic E-state index is 0.0183. The maximum Gasteiger partial charge on any atom is 0.225 e. The van der Waals surface area contributed by atoms with Gasteiger partial charge in [0.1, 0.15) is 11.3 Å². The molecule has 1 aromatic carbocycles. The highest BCUT2D eigenvalue weighted by molar-refractivity contribution is 9.10. The first-order chi connectivity index (χ1) is 14.4. The molecule has 1 atom stereocenters. The molecular weight excluding hydrogens is 511 g/mol. The highest BCUT2D eigenvalue weighted by Crippen LogP contribution is 2.36. The van der Waals surface area contributed by atoms with Crippen LogP contribution < -0.4 is 10.2 Å². The van der Waals surface area contributed by atoms with Crippen LogP contribution in [0.2, 0.25) is 5.02 Å². The molecule has 0 amide bonds. The van der Waals surface area contributed by atoms with Crippen molar-refractivity contribution in [2.24, 2.45) is 0 Å². The van der Waals surface area contributed by atoms with Crippen LogP contribution in [0.4, 0.5) is 16.2 Å². The van der Waals surface area contributed by atoms with Gasteiger partial charge in [-0.25, -0.2) is 17.8 Å². The zero-order valence-corrected chi connectivity index (χ0v) is 21.2. The van der Waals surface area contributed by atoms with Crippen molar-refractivity contribution in [2.45, 2.75) is 45.8 Å². The van der Waals surface area contributed by atoms with Gasteiger partial charge in [0.2, 0.25) is 5.95 Å². The third-order valence-electron chi connectivity index (χ3n) is 4.76. The Balaban J connectivity index is 2.00. The topological polar surface area (TPSA) is 84.4 Å². The Bertz CT molecular complexity index is 1080. The molecule has 1 N–H and O–H groups in total. The van der Waals surface area contributed by atoms with Crippen molar-refractivity contribution in [3.05, 3.63) is 21.4 Å². The Kier molecular flexibility index (Phi) is 7.35. The Morgan fingerprint density at radius 3 is 2.71 bits per heavy atom. The molecule has 2 aromatic rings. The summed E-state index contributed by atoms with van der Waals surface area (Å²) in [5.74, 6) is 0.259. The predicted octanol–water partition coefficient (Wildman–Crippen LogP) is 4.43. The summed E-state index contributed by atoms with van der Waals surface area (Å²) < 4.78 is 45.1. The summed E-state index contributed by atoms with van der Waals surface area (Å²) in [7, 11) is -3.11. The minimum Gasteiger partial charge on any atom is -0.371 e. The summed E-state index contributed by atoms with van der Waals surface area (Å²) in [5.41, 5.74) is -0.192. The van der Waals surface area contributed by atoms with Gasteiger partial charge in [0, 0.05) is 25.0 Å². The van der Waals surface area contributed by atoms with E-state index in [-0.39, 0.29) is 50.7 Å². The summed E-state index contributed by atoms with van der Waals surface area (Å²) in [6, 6.07) is 1.61. The summed E-state index contributed by atoms with van der Waals surface area (Å²) in [6.07, 6.45) is 0.340. The van der Waals surface area contributed by atoms with Crippen LogP contribution in [0.25, 0.3) is 10.9 Å². The molecule has 1 aliphatic rings. The minimum atomic E-state index is -3.11. The molecule has 3 rings (SSSR count). The second-order valence-corrected chi connectivity index (χ2v) is 12.2. The molecule has 1 saturated heterocycles. The number of halogens is 3. The normalized spacial score (nSPS) is 18.1. The number of sulfone groups is 1. The van der Waals surface area contributed by atoms with Gasteiger partial charge in [-0.1, -0.05) is 11.6 Å². The molecular formula is C20H27BrClFN4O3S. The van der Waals surface area contributed by atoms with Crippen molar-refractivity contribution in [1.29, 1.82) is 0 Å². The van der Waals surface area contributed by atoms with Gasteiger partial charge < -0.3 is 15.0 Å². The van der Waals surface area contributed by atoms with Crippen molar-refractivity contribution >= 4 is 60.0 Å². The number of nitrogens with zero attached hydrogens (tertiary/aromatic N) is 3. The van der Waals surface area contributed by atoms with E-state index in [9.17, 15) is 8.42 Å². The quantitative estimate of drug-likeness (QED) is 0.565. The van der Waals surface area contributed by atoms with Crippen LogP contribution in [0.5, 0.6) is 0 Å². The van der Waals surface area contributed by atoms with Crippen molar-refractivity contribution in [1.82, 2.24) is 9.97 Å². The van der Waals surface area contributed by atoms with Crippen LogP contribution in [0.3, 0.4) is 0 Å². The van der Waals surface area contributed by atoms with E-state index in [0.717, 1.165) is 0 Å². The zero-order chi connectivity index (χ0) is 23.0. The van der Waals surface area contributed by atoms with E-state index < -0.39 is 15.7 Å². The molecule has 1 aromatic heterocycles. The fourth-order valence-corrected chi connectivity index (χ4v) is 5.27. The van der Waals surface area contributed by atoms with E-state index in [1.807, 2.05) is 32.6 Å². The van der Waals surface area contributed by atoms with Crippen LogP contribution in [-0.2, 0) is 14.6 Å². The van der Waals surface area contributed by atoms with E-state index in [0.29, 0.717) is 30.7 Å². The number of hydrogen-bond acceptors (Lipinski definition) is 7. The number of nitrogens with one attached hydrogen (secondary N) is 1. The second-order valence-electron chi connectivity index (χ2n) is 8.67. The molecule has 7 nitrogen and oxygen atoms in total. The highest BCUT2D eigenvalue weighted by atomic mass is 79.9. The lowest BCUT2D eigenvalue weighted by Gasteiger charge is -2.26. The molecule has 0 saturated carbocycles. The van der Waals surface area contributed by atoms with E-state index >= 15 is 4.39 Å². The number of aromatic nitrogens is 2. The monoisotopic (exact) mass is 536 g/mol. The molecule has 1 unspecified atom stereocenters. The molecule has 1 fully saturated rings. The molecule has 0 radical (unpaired) electrons. The van der Waals surface area contributed by atoms with E-state index in [1.165, 1.54) is 0 Å². The smallest absolute Gasteiger partial charge is 0.225 e. The van der Waals surface area contributed by atoms with Gasteiger partial charge in [-0.3, -0.25) is 0 Å². The molecule has 11 heteroatoms. The zero-order valence-electron chi connectivity index (χ0n) is 18.0. The first kappa shape index (κ1) is 24.4. The lowest BCUT2D eigenvalue weighted by molar-refractivity contribution is -0.0449. The summed E-state index contributed by atoms with van der Waals surface area (Å²) in [4.78, 5) is 10.8. The molecule has 172 valence electrons. The van der Waals surface area contributed by atoms with Crippen molar-refractivity contribution < 1.29 is 17.5 Å². The van der Waals surface area contributed by atoms with Crippen molar-refractivity contribution in [3.63, 3.8) is 0 Å². The van der Waals surface area contributed by atoms with Crippen molar-refractivity contribution in [2.75, 3.05) is 41.4 Å². The lowest BCUT2D eigenvalue weighted by atomic mass is 10.2. The Morgan fingerprint density at radius 1 is 1.32 bits per heavy atom. The van der Waals surface area contributed by atoms with Gasteiger partial charge in [0.15, 0.2) is 15.7 Å². The Hall–Kier alpha value is -1.23. The van der Waals surface area contributed by atoms with Gasteiger partial charge in [0.05, 0.1) is 32.7 Å². The van der Waals surface area contributed by atoms with Gasteiger partial charge >= 0.3 is 0 Å². The molecule has 1 aliphatic heterocycles. The number of hydrogen-bond donors (Lipinski definition) is 1. The van der Waals surface area contributed by atoms with Crippen LogP contribution in [-0.4, -0.2) is 61.2 Å². The molecule has 0 bridgehead atoms. The number of fused-ring (bicyclic) bond motifs is 1. The van der Waals surface area contributed by atoms with Crippen LogP contribution in [0, 0.1) is 5.82 Å².